The van der Waals surface area contributed by atoms with Crippen LogP contribution in [0.25, 0.3) is 0 Å². The zero-order chi connectivity index (χ0) is 14.4. The minimum Gasteiger partial charge on any atom is -0.391 e. The lowest BCUT2D eigenvalue weighted by Gasteiger charge is -2.14. The minimum atomic E-state index is -0.501. The number of aromatic nitrogens is 1. The van der Waals surface area contributed by atoms with E-state index in [1.54, 1.807) is 7.05 Å². The topological polar surface area (TPSA) is 100 Å². The quantitative estimate of drug-likeness (QED) is 0.515. The number of nitrogens with one attached hydrogen (secondary N) is 2. The maximum Gasteiger partial charge on any atom is 0.276 e. The average molecular weight is 268 g/mol. The number of aliphatic hydroxyl groups is 1. The lowest BCUT2D eigenvalue weighted by molar-refractivity contribution is -0.384. The van der Waals surface area contributed by atoms with E-state index in [9.17, 15) is 15.2 Å². The van der Waals surface area contributed by atoms with Crippen LogP contribution in [0.5, 0.6) is 0 Å². The van der Waals surface area contributed by atoms with E-state index < -0.39 is 11.0 Å². The zero-order valence-corrected chi connectivity index (χ0v) is 11.4. The molecule has 0 aliphatic heterocycles. The van der Waals surface area contributed by atoms with Gasteiger partial charge in [-0.3, -0.25) is 10.1 Å². The molecular weight excluding hydrogens is 248 g/mol. The first kappa shape index (κ1) is 15.2. The number of nitrogens with zero attached hydrogens (tertiary/aromatic N) is 2. The Labute approximate surface area is 112 Å². The Hall–Kier alpha value is -1.89. The third kappa shape index (κ3) is 5.09. The summed E-state index contributed by atoms with van der Waals surface area (Å²) in [5.41, 5.74) is -0.0415. The highest BCUT2D eigenvalue weighted by Crippen LogP contribution is 2.20. The maximum atomic E-state index is 10.8. The van der Waals surface area contributed by atoms with Gasteiger partial charge in [0.1, 0.15) is 11.6 Å². The van der Waals surface area contributed by atoms with Gasteiger partial charge in [-0.1, -0.05) is 13.8 Å². The summed E-state index contributed by atoms with van der Waals surface area (Å²) in [6.07, 6.45) is 0.167. The molecule has 7 heteroatoms. The van der Waals surface area contributed by atoms with Crippen LogP contribution in [-0.2, 0) is 0 Å². The normalized spacial score (nSPS) is 12.3. The van der Waals surface area contributed by atoms with Crippen LogP contribution in [0.3, 0.4) is 0 Å². The van der Waals surface area contributed by atoms with Crippen molar-refractivity contribution in [2.45, 2.75) is 26.4 Å². The molecule has 19 heavy (non-hydrogen) atoms. The van der Waals surface area contributed by atoms with Gasteiger partial charge in [0, 0.05) is 13.6 Å². The molecule has 0 saturated carbocycles. The van der Waals surface area contributed by atoms with Crippen molar-refractivity contribution in [1.29, 1.82) is 0 Å². The van der Waals surface area contributed by atoms with Crippen molar-refractivity contribution in [3.8, 4) is 0 Å². The molecule has 0 saturated heterocycles. The fraction of sp³-hybridized carbons (Fsp3) is 0.583. The summed E-state index contributed by atoms with van der Waals surface area (Å²) in [5.74, 6) is 1.18. The molecule has 0 fully saturated rings. The van der Waals surface area contributed by atoms with Crippen LogP contribution in [-0.4, -0.2) is 34.7 Å². The predicted molar refractivity (Wildman–Crippen MR) is 74.4 cm³/mol. The molecule has 106 valence electrons. The minimum absolute atomic E-state index is 0.0415. The summed E-state index contributed by atoms with van der Waals surface area (Å²) < 4.78 is 0. The standard InChI is InChI=1S/C12H20N4O3/c1-8(2)4-10(17)7-14-12-6-9(16(18)19)5-11(13-3)15-12/h5-6,8,10,17H,4,7H2,1-3H3,(H2,13,14,15). The third-order valence-corrected chi connectivity index (χ3v) is 2.54. The first-order valence-corrected chi connectivity index (χ1v) is 6.18. The van der Waals surface area contributed by atoms with Crippen LogP contribution in [0.2, 0.25) is 0 Å². The monoisotopic (exact) mass is 268 g/mol. The summed E-state index contributed by atoms with van der Waals surface area (Å²) in [6.45, 7) is 4.36. The zero-order valence-electron chi connectivity index (χ0n) is 11.4. The average Bonchev–Trinajstić information content (AvgIpc) is 2.35. The van der Waals surface area contributed by atoms with Crippen LogP contribution in [0.4, 0.5) is 17.3 Å². The SMILES string of the molecule is CNc1cc([N+](=O)[O-])cc(NCC(O)CC(C)C)n1. The van der Waals surface area contributed by atoms with Gasteiger partial charge in [-0.05, 0) is 12.3 Å². The van der Waals surface area contributed by atoms with Crippen molar-refractivity contribution in [3.05, 3.63) is 22.2 Å². The lowest BCUT2D eigenvalue weighted by atomic mass is 10.1. The van der Waals surface area contributed by atoms with Crippen molar-refractivity contribution < 1.29 is 10.0 Å². The van der Waals surface area contributed by atoms with Gasteiger partial charge in [0.2, 0.25) is 0 Å². The van der Waals surface area contributed by atoms with Gasteiger partial charge < -0.3 is 15.7 Å². The number of aliphatic hydroxyl groups excluding tert-OH is 1. The number of hydrogen-bond donors (Lipinski definition) is 3. The molecule has 0 aromatic carbocycles. The third-order valence-electron chi connectivity index (χ3n) is 2.54. The number of hydrogen-bond acceptors (Lipinski definition) is 6. The fourth-order valence-corrected chi connectivity index (χ4v) is 1.69. The number of anilines is 2. The second kappa shape index (κ2) is 6.89. The van der Waals surface area contributed by atoms with E-state index in [1.165, 1.54) is 12.1 Å². The van der Waals surface area contributed by atoms with Crippen molar-refractivity contribution in [1.82, 2.24) is 4.98 Å². The predicted octanol–water partition coefficient (Wildman–Crippen LogP) is 1.85. The van der Waals surface area contributed by atoms with Crippen LogP contribution >= 0.6 is 0 Å². The first-order chi connectivity index (χ1) is 8.92. The Morgan fingerprint density at radius 2 is 2.05 bits per heavy atom. The second-order valence-corrected chi connectivity index (χ2v) is 4.77. The van der Waals surface area contributed by atoms with E-state index in [2.05, 4.69) is 15.6 Å². The summed E-state index contributed by atoms with van der Waals surface area (Å²) >= 11 is 0. The molecule has 3 N–H and O–H groups in total. The van der Waals surface area contributed by atoms with E-state index in [0.717, 1.165) is 0 Å². The van der Waals surface area contributed by atoms with E-state index in [-0.39, 0.29) is 5.69 Å². The molecule has 1 rings (SSSR count). The van der Waals surface area contributed by atoms with Crippen molar-refractivity contribution >= 4 is 17.3 Å². The number of pyridine rings is 1. The molecule has 1 aromatic rings. The molecule has 1 atom stereocenters. The number of nitro groups is 1. The van der Waals surface area contributed by atoms with Gasteiger partial charge >= 0.3 is 0 Å². The lowest BCUT2D eigenvalue weighted by Crippen LogP contribution is -2.21. The largest absolute Gasteiger partial charge is 0.391 e. The second-order valence-electron chi connectivity index (χ2n) is 4.77. The molecule has 0 amide bonds. The highest BCUT2D eigenvalue weighted by Gasteiger charge is 2.12. The fourth-order valence-electron chi connectivity index (χ4n) is 1.69. The smallest absolute Gasteiger partial charge is 0.276 e. The van der Waals surface area contributed by atoms with Crippen molar-refractivity contribution in [2.24, 2.45) is 5.92 Å². The Morgan fingerprint density at radius 3 is 2.58 bits per heavy atom. The van der Waals surface area contributed by atoms with Gasteiger partial charge in [-0.15, -0.1) is 0 Å². The Balaban J connectivity index is 2.72. The molecule has 0 aliphatic carbocycles. The van der Waals surface area contributed by atoms with Crippen LogP contribution in [0, 0.1) is 16.0 Å². The summed E-state index contributed by atoms with van der Waals surface area (Å²) in [6, 6.07) is 2.71. The summed E-state index contributed by atoms with van der Waals surface area (Å²) in [5, 5.41) is 26.2. The molecule has 0 bridgehead atoms. The molecule has 1 aromatic heterocycles. The van der Waals surface area contributed by atoms with Crippen LogP contribution in [0.15, 0.2) is 12.1 Å². The van der Waals surface area contributed by atoms with Gasteiger partial charge in [0.05, 0.1) is 23.2 Å². The van der Waals surface area contributed by atoms with E-state index in [1.807, 2.05) is 13.8 Å². The van der Waals surface area contributed by atoms with Gasteiger partial charge in [0.15, 0.2) is 0 Å². The van der Waals surface area contributed by atoms with Crippen LogP contribution in [0.1, 0.15) is 20.3 Å². The maximum absolute atomic E-state index is 10.8. The first-order valence-electron chi connectivity index (χ1n) is 6.18. The molecule has 0 radical (unpaired) electrons. The Morgan fingerprint density at radius 1 is 1.42 bits per heavy atom. The molecule has 1 unspecified atom stereocenters. The van der Waals surface area contributed by atoms with Crippen molar-refractivity contribution in [3.63, 3.8) is 0 Å². The molecular formula is C12H20N4O3. The highest BCUT2D eigenvalue weighted by molar-refractivity contribution is 5.54. The van der Waals surface area contributed by atoms with Crippen LogP contribution < -0.4 is 10.6 Å². The van der Waals surface area contributed by atoms with E-state index in [0.29, 0.717) is 30.5 Å². The molecule has 0 spiro atoms. The van der Waals surface area contributed by atoms with Crippen molar-refractivity contribution in [2.75, 3.05) is 24.2 Å². The molecule has 0 aliphatic rings. The van der Waals surface area contributed by atoms with Gasteiger partial charge in [-0.25, -0.2) is 4.98 Å². The number of rotatable bonds is 7. The highest BCUT2D eigenvalue weighted by atomic mass is 16.6. The van der Waals surface area contributed by atoms with E-state index >= 15 is 0 Å². The summed E-state index contributed by atoms with van der Waals surface area (Å²) in [4.78, 5) is 14.5. The molecule has 7 nitrogen and oxygen atoms in total. The van der Waals surface area contributed by atoms with Gasteiger partial charge in [0.25, 0.3) is 5.69 Å². The van der Waals surface area contributed by atoms with E-state index in [4.69, 9.17) is 0 Å². The Bertz CT molecular complexity index is 437. The summed E-state index contributed by atoms with van der Waals surface area (Å²) in [7, 11) is 1.64. The van der Waals surface area contributed by atoms with Gasteiger partial charge in [-0.2, -0.15) is 0 Å². The Kier molecular flexibility index (Phi) is 5.50. The molecule has 1 heterocycles.